The Morgan fingerprint density at radius 3 is 2.30 bits per heavy atom. The molecule has 2 aromatic rings. The lowest BCUT2D eigenvalue weighted by atomic mass is 9.98. The first-order chi connectivity index (χ1) is 19.0. The van der Waals surface area contributed by atoms with Crippen LogP contribution in [-0.4, -0.2) is 77.4 Å². The predicted molar refractivity (Wildman–Crippen MR) is 137 cm³/mol. The minimum Gasteiger partial charge on any atom is -0.481 e. The van der Waals surface area contributed by atoms with E-state index in [-0.39, 0.29) is 49.2 Å². The van der Waals surface area contributed by atoms with Crippen LogP contribution < -0.4 is 10.1 Å². The normalized spacial score (nSPS) is 18.9. The molecule has 1 unspecified atom stereocenters. The van der Waals surface area contributed by atoms with E-state index in [1.54, 1.807) is 29.2 Å². The lowest BCUT2D eigenvalue weighted by Gasteiger charge is -2.38. The van der Waals surface area contributed by atoms with E-state index in [4.69, 9.17) is 9.84 Å². The summed E-state index contributed by atoms with van der Waals surface area (Å²) in [6.45, 7) is 2.93. The summed E-state index contributed by atoms with van der Waals surface area (Å²) in [6.07, 6.45) is -3.64. The summed E-state index contributed by atoms with van der Waals surface area (Å²) < 4.78 is 47.5. The summed E-state index contributed by atoms with van der Waals surface area (Å²) in [5.74, 6) is -1.75. The Labute approximate surface area is 228 Å². The lowest BCUT2D eigenvalue weighted by Crippen LogP contribution is -2.47. The van der Waals surface area contributed by atoms with Crippen LogP contribution in [0.4, 0.5) is 18.9 Å². The van der Waals surface area contributed by atoms with E-state index >= 15 is 0 Å². The van der Waals surface area contributed by atoms with Crippen molar-refractivity contribution in [1.29, 1.82) is 0 Å². The van der Waals surface area contributed by atoms with E-state index in [1.165, 1.54) is 31.2 Å². The second kappa shape index (κ2) is 12.3. The van der Waals surface area contributed by atoms with Crippen LogP contribution in [0.15, 0.2) is 53.5 Å². The molecule has 2 saturated heterocycles. The number of benzene rings is 2. The van der Waals surface area contributed by atoms with E-state index in [0.717, 1.165) is 5.56 Å². The summed E-state index contributed by atoms with van der Waals surface area (Å²) in [5, 5.41) is 11.3. The Balaban J connectivity index is 1.54. The van der Waals surface area contributed by atoms with Crippen LogP contribution >= 0.6 is 0 Å². The molecule has 2 aliphatic heterocycles. The number of carboxylic acids is 1. The molecule has 4 rings (SSSR count). The minimum atomic E-state index is -4.80. The molecule has 40 heavy (non-hydrogen) atoms. The number of aliphatic carboxylic acids is 1. The molecular weight excluding hydrogens is 533 g/mol. The molecule has 2 fully saturated rings. The maximum absolute atomic E-state index is 12.5. The molecule has 0 aromatic heterocycles. The average Bonchev–Trinajstić information content (AvgIpc) is 3.32. The number of hydrogen-bond donors (Lipinski definition) is 2. The van der Waals surface area contributed by atoms with Gasteiger partial charge in [0.1, 0.15) is 12.4 Å². The molecule has 0 saturated carbocycles. The molecule has 0 bridgehead atoms. The van der Waals surface area contributed by atoms with Gasteiger partial charge in [0.25, 0.3) is 11.9 Å². The maximum Gasteiger partial charge on any atom is 0.573 e. The van der Waals surface area contributed by atoms with Crippen molar-refractivity contribution in [3.63, 3.8) is 0 Å². The second-order valence-electron chi connectivity index (χ2n) is 9.43. The van der Waals surface area contributed by atoms with E-state index in [2.05, 4.69) is 15.0 Å². The van der Waals surface area contributed by atoms with Gasteiger partial charge in [-0.3, -0.25) is 14.4 Å². The molecule has 2 heterocycles. The Morgan fingerprint density at radius 1 is 1.07 bits per heavy atom. The summed E-state index contributed by atoms with van der Waals surface area (Å²) in [6, 6.07) is 12.1. The number of piperidine rings is 1. The van der Waals surface area contributed by atoms with Crippen LogP contribution in [0.2, 0.25) is 0 Å². The van der Waals surface area contributed by atoms with Crippen molar-refractivity contribution in [1.82, 2.24) is 15.1 Å². The zero-order valence-corrected chi connectivity index (χ0v) is 21.7. The third-order valence-electron chi connectivity index (χ3n) is 6.71. The van der Waals surface area contributed by atoms with Crippen LogP contribution in [0.25, 0.3) is 0 Å². The first-order valence-corrected chi connectivity index (χ1v) is 12.7. The Morgan fingerprint density at radius 2 is 1.73 bits per heavy atom. The first-order valence-electron chi connectivity index (χ1n) is 12.7. The molecule has 0 radical (unpaired) electrons. The number of amides is 2. The lowest BCUT2D eigenvalue weighted by molar-refractivity contribution is -0.274. The summed E-state index contributed by atoms with van der Waals surface area (Å²) in [7, 11) is 0. The van der Waals surface area contributed by atoms with Crippen LogP contribution in [0.5, 0.6) is 5.75 Å². The van der Waals surface area contributed by atoms with Gasteiger partial charge in [-0.05, 0) is 54.8 Å². The van der Waals surface area contributed by atoms with Gasteiger partial charge in [-0.2, -0.15) is 4.99 Å². The van der Waals surface area contributed by atoms with E-state index < -0.39 is 12.3 Å². The SMILES string of the molecule is CC(=O)N1CCC(N2/C(=N/c3ccc(OC(F)(F)F)cc3)OCC2c2ccc(C(=O)NCCC(=O)O)cc2)CC1. The van der Waals surface area contributed by atoms with Gasteiger partial charge < -0.3 is 29.7 Å². The van der Waals surface area contributed by atoms with E-state index in [9.17, 15) is 27.6 Å². The maximum atomic E-state index is 12.5. The molecule has 2 aliphatic rings. The van der Waals surface area contributed by atoms with Gasteiger partial charge in [-0.25, -0.2) is 0 Å². The number of aliphatic imine (C=N–C) groups is 1. The molecule has 2 aromatic carbocycles. The molecule has 214 valence electrons. The first kappa shape index (κ1) is 28.7. The number of nitrogens with one attached hydrogen (secondary N) is 1. The van der Waals surface area contributed by atoms with Crippen molar-refractivity contribution in [2.24, 2.45) is 4.99 Å². The molecule has 2 amide bonds. The molecule has 1 atom stereocenters. The molecule has 13 heteroatoms. The Kier molecular flexibility index (Phi) is 8.80. The average molecular weight is 563 g/mol. The van der Waals surface area contributed by atoms with Crippen LogP contribution in [-0.2, 0) is 14.3 Å². The number of halogens is 3. The summed E-state index contributed by atoms with van der Waals surface area (Å²) >= 11 is 0. The van der Waals surface area contributed by atoms with Gasteiger partial charge in [0.2, 0.25) is 5.91 Å². The largest absolute Gasteiger partial charge is 0.573 e. The number of rotatable bonds is 8. The van der Waals surface area contributed by atoms with Crippen molar-refractivity contribution in [3.05, 3.63) is 59.7 Å². The zero-order chi connectivity index (χ0) is 28.9. The number of carbonyl (C=O) groups is 3. The van der Waals surface area contributed by atoms with Gasteiger partial charge in [0.15, 0.2) is 0 Å². The van der Waals surface area contributed by atoms with Gasteiger partial charge in [0, 0.05) is 38.2 Å². The number of nitrogens with zero attached hydrogens (tertiary/aromatic N) is 3. The molecule has 0 spiro atoms. The molecule has 2 N–H and O–H groups in total. The fourth-order valence-electron chi connectivity index (χ4n) is 4.73. The third-order valence-corrected chi connectivity index (χ3v) is 6.71. The number of carboxylic acid groups (broad SMARTS) is 1. The Hall–Kier alpha value is -4.29. The number of amidine groups is 1. The topological polar surface area (TPSA) is 121 Å². The standard InChI is InChI=1S/C27H29F3N4O6/c1-17(35)33-14-11-21(12-15-33)34-23(18-2-4-19(5-3-18)25(38)31-13-10-24(36)37)16-39-26(34)32-20-6-8-22(9-7-20)40-27(28,29)30/h2-9,21,23H,10-16H2,1H3,(H,31,38)(H,36,37)/b32-26-. The van der Waals surface area contributed by atoms with Crippen molar-refractivity contribution in [2.45, 2.75) is 44.6 Å². The molecular formula is C27H29F3N4O6. The van der Waals surface area contributed by atoms with Crippen molar-refractivity contribution in [3.8, 4) is 5.75 Å². The van der Waals surface area contributed by atoms with E-state index in [1.807, 2.05) is 4.90 Å². The quantitative estimate of drug-likeness (QED) is 0.501. The highest BCUT2D eigenvalue weighted by Gasteiger charge is 2.39. The highest BCUT2D eigenvalue weighted by atomic mass is 19.4. The van der Waals surface area contributed by atoms with Crippen LogP contribution in [0.3, 0.4) is 0 Å². The fourth-order valence-corrected chi connectivity index (χ4v) is 4.73. The Bertz CT molecular complexity index is 1240. The minimum absolute atomic E-state index is 0.0000481. The smallest absolute Gasteiger partial charge is 0.481 e. The second-order valence-corrected chi connectivity index (χ2v) is 9.43. The number of alkyl halides is 3. The van der Waals surface area contributed by atoms with Crippen LogP contribution in [0, 0.1) is 0 Å². The highest BCUT2D eigenvalue weighted by molar-refractivity contribution is 5.94. The number of likely N-dealkylation sites (tertiary alicyclic amines) is 1. The molecule has 10 nitrogen and oxygen atoms in total. The van der Waals surface area contributed by atoms with Gasteiger partial charge >= 0.3 is 12.3 Å². The van der Waals surface area contributed by atoms with Crippen molar-refractivity contribution >= 4 is 29.5 Å². The third kappa shape index (κ3) is 7.42. The number of carbonyl (C=O) groups excluding carboxylic acids is 2. The van der Waals surface area contributed by atoms with Gasteiger partial charge in [-0.15, -0.1) is 13.2 Å². The zero-order valence-electron chi connectivity index (χ0n) is 21.7. The van der Waals surface area contributed by atoms with Gasteiger partial charge in [-0.1, -0.05) is 12.1 Å². The monoisotopic (exact) mass is 562 g/mol. The summed E-state index contributed by atoms with van der Waals surface area (Å²) in [5.41, 5.74) is 1.62. The number of ether oxygens (including phenoxy) is 2. The predicted octanol–water partition coefficient (Wildman–Crippen LogP) is 3.86. The highest BCUT2D eigenvalue weighted by Crippen LogP contribution is 2.35. The van der Waals surface area contributed by atoms with Gasteiger partial charge in [0.05, 0.1) is 18.2 Å². The molecule has 0 aliphatic carbocycles. The van der Waals surface area contributed by atoms with E-state index in [0.29, 0.717) is 43.2 Å². The van der Waals surface area contributed by atoms with Crippen molar-refractivity contribution in [2.75, 3.05) is 26.2 Å². The number of hydrogen-bond acceptors (Lipinski definition) is 6. The van der Waals surface area contributed by atoms with Crippen LogP contribution in [0.1, 0.15) is 48.1 Å². The summed E-state index contributed by atoms with van der Waals surface area (Å²) in [4.78, 5) is 43.2. The van der Waals surface area contributed by atoms with Crippen molar-refractivity contribution < 1.29 is 42.1 Å². The fraction of sp³-hybridized carbons (Fsp3) is 0.407.